The van der Waals surface area contributed by atoms with Gasteiger partial charge in [0.05, 0.1) is 9.92 Å². The van der Waals surface area contributed by atoms with Crippen LogP contribution in [0.2, 0.25) is 5.02 Å². The lowest BCUT2D eigenvalue weighted by Crippen LogP contribution is -2.50. The number of ether oxygens (including phenoxy) is 1. The van der Waals surface area contributed by atoms with E-state index in [-0.39, 0.29) is 28.2 Å². The van der Waals surface area contributed by atoms with Crippen LogP contribution in [0.25, 0.3) is 0 Å². The lowest BCUT2D eigenvalue weighted by Gasteiger charge is -2.37. The number of rotatable bonds is 7. The Labute approximate surface area is 217 Å². The molecule has 0 aromatic heterocycles. The van der Waals surface area contributed by atoms with Crippen molar-refractivity contribution in [1.29, 1.82) is 0 Å². The number of amides is 1. The third-order valence-corrected chi connectivity index (χ3v) is 8.09. The zero-order valence-corrected chi connectivity index (χ0v) is 22.2. The quantitative estimate of drug-likeness (QED) is 0.478. The number of nitrogens with zero attached hydrogens (tertiary/aromatic N) is 2. The predicted octanol–water partition coefficient (Wildman–Crippen LogP) is 4.79. The van der Waals surface area contributed by atoms with Gasteiger partial charge in [-0.25, -0.2) is 8.42 Å². The second-order valence-electron chi connectivity index (χ2n) is 8.94. The van der Waals surface area contributed by atoms with Crippen molar-refractivity contribution in [2.24, 2.45) is 0 Å². The number of hydrogen-bond acceptors (Lipinski definition) is 5. The normalized spacial score (nSPS) is 14.0. The summed E-state index contributed by atoms with van der Waals surface area (Å²) in [4.78, 5) is 16.8. The molecule has 4 rings (SSSR count). The topological polar surface area (TPSA) is 78.9 Å². The molecule has 9 heteroatoms. The van der Waals surface area contributed by atoms with Gasteiger partial charge >= 0.3 is 0 Å². The van der Waals surface area contributed by atoms with Crippen LogP contribution >= 0.6 is 11.6 Å². The molecule has 190 valence electrons. The van der Waals surface area contributed by atoms with E-state index in [2.05, 4.69) is 41.7 Å². The number of carbonyl (C=O) groups excluding carboxylic acids is 1. The Kier molecular flexibility index (Phi) is 7.76. The summed E-state index contributed by atoms with van der Waals surface area (Å²) in [6.45, 7) is 8.67. The molecular weight excluding hydrogens is 498 g/mol. The Morgan fingerprint density at radius 2 is 1.67 bits per heavy atom. The molecule has 0 bridgehead atoms. The lowest BCUT2D eigenvalue weighted by atomic mass is 10.1. The largest absolute Gasteiger partial charge is 0.482 e. The van der Waals surface area contributed by atoms with E-state index >= 15 is 0 Å². The standard InChI is InChI=1S/C27H30ClN3O4S/c1-19-7-9-22(10-8-19)29-36(33,34)23-11-12-26(24(28)17-23)35-18-27(32)31-15-13-30(14-16-31)25-6-4-5-20(2)21(25)3/h4-12,17,29H,13-16,18H2,1-3H3. The van der Waals surface area contributed by atoms with Gasteiger partial charge in [-0.05, 0) is 68.3 Å². The predicted molar refractivity (Wildman–Crippen MR) is 144 cm³/mol. The molecule has 1 aliphatic rings. The van der Waals surface area contributed by atoms with Crippen molar-refractivity contribution in [3.05, 3.63) is 82.4 Å². The Bertz CT molecular complexity index is 1350. The molecule has 1 amide bonds. The zero-order chi connectivity index (χ0) is 25.9. The number of piperazine rings is 1. The molecule has 1 heterocycles. The minimum Gasteiger partial charge on any atom is -0.482 e. The summed E-state index contributed by atoms with van der Waals surface area (Å²) < 4.78 is 33.6. The van der Waals surface area contributed by atoms with Gasteiger partial charge in [-0.15, -0.1) is 0 Å². The van der Waals surface area contributed by atoms with Gasteiger partial charge in [-0.3, -0.25) is 9.52 Å². The fourth-order valence-electron chi connectivity index (χ4n) is 4.11. The first kappa shape index (κ1) is 25.9. The van der Waals surface area contributed by atoms with Crippen LogP contribution in [0.1, 0.15) is 16.7 Å². The fourth-order valence-corrected chi connectivity index (χ4v) is 5.49. The highest BCUT2D eigenvalue weighted by Gasteiger charge is 2.23. The van der Waals surface area contributed by atoms with Gasteiger partial charge in [0.15, 0.2) is 6.61 Å². The number of nitrogens with one attached hydrogen (secondary N) is 1. The fraction of sp³-hybridized carbons (Fsp3) is 0.296. The van der Waals surface area contributed by atoms with Crippen molar-refractivity contribution in [2.45, 2.75) is 25.7 Å². The van der Waals surface area contributed by atoms with E-state index in [1.54, 1.807) is 17.0 Å². The average molecular weight is 528 g/mol. The van der Waals surface area contributed by atoms with E-state index in [9.17, 15) is 13.2 Å². The van der Waals surface area contributed by atoms with Gasteiger partial charge in [0, 0.05) is 37.6 Å². The number of benzene rings is 3. The molecule has 0 radical (unpaired) electrons. The van der Waals surface area contributed by atoms with Crippen molar-refractivity contribution in [3.8, 4) is 5.75 Å². The van der Waals surface area contributed by atoms with E-state index in [1.807, 2.05) is 19.1 Å². The van der Waals surface area contributed by atoms with E-state index in [0.29, 0.717) is 18.8 Å². The van der Waals surface area contributed by atoms with Crippen LogP contribution in [-0.4, -0.2) is 52.0 Å². The molecule has 3 aromatic carbocycles. The Hall–Kier alpha value is -3.23. The van der Waals surface area contributed by atoms with E-state index in [4.69, 9.17) is 16.3 Å². The highest BCUT2D eigenvalue weighted by molar-refractivity contribution is 7.92. The van der Waals surface area contributed by atoms with Gasteiger partial charge in [0.1, 0.15) is 5.75 Å². The molecule has 0 aliphatic carbocycles. The number of carbonyl (C=O) groups is 1. The van der Waals surface area contributed by atoms with Gasteiger partial charge < -0.3 is 14.5 Å². The minimum absolute atomic E-state index is 0.00863. The first-order valence-corrected chi connectivity index (χ1v) is 13.6. The smallest absolute Gasteiger partial charge is 0.261 e. The molecule has 0 atom stereocenters. The number of sulfonamides is 1. The number of hydrogen-bond donors (Lipinski definition) is 1. The maximum Gasteiger partial charge on any atom is 0.261 e. The second kappa shape index (κ2) is 10.8. The summed E-state index contributed by atoms with van der Waals surface area (Å²) in [6.07, 6.45) is 0. The highest BCUT2D eigenvalue weighted by Crippen LogP contribution is 2.29. The van der Waals surface area contributed by atoms with Crippen LogP contribution in [0.4, 0.5) is 11.4 Å². The van der Waals surface area contributed by atoms with Gasteiger partial charge in [-0.2, -0.15) is 0 Å². The highest BCUT2D eigenvalue weighted by atomic mass is 35.5. The SMILES string of the molecule is Cc1ccc(NS(=O)(=O)c2ccc(OCC(=O)N3CCN(c4cccc(C)c4C)CC3)c(Cl)c2)cc1. The molecule has 0 spiro atoms. The van der Waals surface area contributed by atoms with E-state index < -0.39 is 10.0 Å². The van der Waals surface area contributed by atoms with Gasteiger partial charge in [0.25, 0.3) is 15.9 Å². The minimum atomic E-state index is -3.82. The van der Waals surface area contributed by atoms with Crippen LogP contribution in [0, 0.1) is 20.8 Å². The van der Waals surface area contributed by atoms with Crippen molar-refractivity contribution < 1.29 is 17.9 Å². The number of aryl methyl sites for hydroxylation is 2. The van der Waals surface area contributed by atoms with Crippen molar-refractivity contribution >= 4 is 38.9 Å². The first-order valence-electron chi connectivity index (χ1n) is 11.7. The molecule has 3 aromatic rings. The summed E-state index contributed by atoms with van der Waals surface area (Å²) >= 11 is 6.29. The molecule has 1 aliphatic heterocycles. The summed E-state index contributed by atoms with van der Waals surface area (Å²) in [5.41, 5.74) is 5.20. The number of halogens is 1. The van der Waals surface area contributed by atoms with Crippen LogP contribution < -0.4 is 14.4 Å². The average Bonchev–Trinajstić information content (AvgIpc) is 2.86. The summed E-state index contributed by atoms with van der Waals surface area (Å²) in [7, 11) is -3.82. The van der Waals surface area contributed by atoms with Gasteiger partial charge in [-0.1, -0.05) is 41.4 Å². The monoisotopic (exact) mass is 527 g/mol. The second-order valence-corrected chi connectivity index (χ2v) is 11.0. The molecule has 1 fully saturated rings. The molecular formula is C27H30ClN3O4S. The Morgan fingerprint density at radius 1 is 0.972 bits per heavy atom. The van der Waals surface area contributed by atoms with Crippen LogP contribution in [0.15, 0.2) is 65.6 Å². The molecule has 0 saturated carbocycles. The maximum atomic E-state index is 12.7. The lowest BCUT2D eigenvalue weighted by molar-refractivity contribution is -0.133. The van der Waals surface area contributed by atoms with Crippen molar-refractivity contribution in [2.75, 3.05) is 42.4 Å². The summed E-state index contributed by atoms with van der Waals surface area (Å²) in [5, 5.41) is 0.120. The van der Waals surface area contributed by atoms with Crippen molar-refractivity contribution in [3.63, 3.8) is 0 Å². The molecule has 36 heavy (non-hydrogen) atoms. The van der Waals surface area contributed by atoms with Crippen LogP contribution in [0.3, 0.4) is 0 Å². The van der Waals surface area contributed by atoms with Crippen molar-refractivity contribution in [1.82, 2.24) is 4.90 Å². The summed E-state index contributed by atoms with van der Waals surface area (Å²) in [5.74, 6) is 0.123. The van der Waals surface area contributed by atoms with Crippen LogP contribution in [-0.2, 0) is 14.8 Å². The Morgan fingerprint density at radius 3 is 2.33 bits per heavy atom. The van der Waals surface area contributed by atoms with Gasteiger partial charge in [0.2, 0.25) is 0 Å². The molecule has 1 saturated heterocycles. The third kappa shape index (κ3) is 5.94. The molecule has 7 nitrogen and oxygen atoms in total. The molecule has 0 unspecified atom stereocenters. The van der Waals surface area contributed by atoms with Crippen LogP contribution in [0.5, 0.6) is 5.75 Å². The number of anilines is 2. The van der Waals surface area contributed by atoms with E-state index in [0.717, 1.165) is 18.7 Å². The Balaban J connectivity index is 1.33. The zero-order valence-electron chi connectivity index (χ0n) is 20.6. The third-order valence-electron chi connectivity index (χ3n) is 6.42. The molecule has 1 N–H and O–H groups in total. The first-order chi connectivity index (χ1) is 17.1. The maximum absolute atomic E-state index is 12.7. The summed E-state index contributed by atoms with van der Waals surface area (Å²) in [6, 6.07) is 17.5. The van der Waals surface area contributed by atoms with E-state index in [1.165, 1.54) is 35.0 Å².